The van der Waals surface area contributed by atoms with Gasteiger partial charge in [-0.2, -0.15) is 0 Å². The zero-order valence-corrected chi connectivity index (χ0v) is 16.8. The van der Waals surface area contributed by atoms with Crippen LogP contribution in [0.2, 0.25) is 0 Å². The van der Waals surface area contributed by atoms with Crippen LogP contribution in [0.15, 0.2) is 34.4 Å². The summed E-state index contributed by atoms with van der Waals surface area (Å²) in [6.07, 6.45) is 1.66. The number of hydrogen-bond acceptors (Lipinski definition) is 6. The molecular weight excluding hydrogens is 374 g/mol. The number of aromatic amines is 1. The molecule has 1 aliphatic heterocycles. The van der Waals surface area contributed by atoms with Gasteiger partial charge in [0, 0.05) is 24.0 Å². The fourth-order valence-corrected chi connectivity index (χ4v) is 4.65. The number of piperidine rings is 1. The molecule has 1 aliphatic rings. The van der Waals surface area contributed by atoms with Gasteiger partial charge in [-0.25, -0.2) is 4.98 Å². The molecule has 1 atom stereocenters. The van der Waals surface area contributed by atoms with Crippen molar-refractivity contribution in [2.45, 2.75) is 26.7 Å². The number of ether oxygens (including phenoxy) is 1. The standard InChI is InChI=1S/C21H23N3O3S/c1-3-27-20(26)14-8-6-10-24(11-14)21-22-17-16(12-28-18(17)19(25)23-21)15-9-5-4-7-13(15)2/h4-5,7,9,12,14H,3,6,8,10-11H2,1-2H3,(H,22,23,25)/t14-/m0/s1. The van der Waals surface area contributed by atoms with E-state index in [1.54, 1.807) is 0 Å². The molecule has 3 heterocycles. The molecular formula is C21H23N3O3S. The number of carbonyl (C=O) groups is 1. The number of carbonyl (C=O) groups excluding carboxylic acids is 1. The lowest BCUT2D eigenvalue weighted by molar-refractivity contribution is -0.148. The van der Waals surface area contributed by atoms with Crippen molar-refractivity contribution in [3.8, 4) is 11.1 Å². The van der Waals surface area contributed by atoms with Crippen molar-refractivity contribution >= 4 is 33.5 Å². The molecule has 1 aromatic carbocycles. The first-order chi connectivity index (χ1) is 13.6. The van der Waals surface area contributed by atoms with E-state index in [0.29, 0.717) is 23.8 Å². The minimum atomic E-state index is -0.187. The van der Waals surface area contributed by atoms with Gasteiger partial charge >= 0.3 is 5.97 Å². The van der Waals surface area contributed by atoms with E-state index in [2.05, 4.69) is 24.0 Å². The number of benzene rings is 1. The smallest absolute Gasteiger partial charge is 0.310 e. The SMILES string of the molecule is CCOC(=O)[C@H]1CCCN(c2nc3c(-c4ccccc4C)csc3c(=O)[nH]2)C1. The summed E-state index contributed by atoms with van der Waals surface area (Å²) in [4.78, 5) is 34.5. The lowest BCUT2D eigenvalue weighted by Gasteiger charge is -2.31. The Morgan fingerprint density at radius 2 is 2.18 bits per heavy atom. The number of H-pyrrole nitrogens is 1. The van der Waals surface area contributed by atoms with Crippen LogP contribution < -0.4 is 10.5 Å². The number of anilines is 1. The van der Waals surface area contributed by atoms with Crippen molar-refractivity contribution in [2.75, 3.05) is 24.6 Å². The quantitative estimate of drug-likeness (QED) is 0.679. The number of aromatic nitrogens is 2. The third-order valence-corrected chi connectivity index (χ3v) is 6.16. The highest BCUT2D eigenvalue weighted by Gasteiger charge is 2.28. The molecule has 6 nitrogen and oxygen atoms in total. The van der Waals surface area contributed by atoms with Gasteiger partial charge in [-0.05, 0) is 37.8 Å². The first kappa shape index (κ1) is 18.7. The Kier molecular flexibility index (Phi) is 5.17. The van der Waals surface area contributed by atoms with Crippen LogP contribution in [0.5, 0.6) is 0 Å². The molecule has 3 aromatic rings. The predicted molar refractivity (Wildman–Crippen MR) is 112 cm³/mol. The monoisotopic (exact) mass is 397 g/mol. The third-order valence-electron chi connectivity index (χ3n) is 5.19. The zero-order chi connectivity index (χ0) is 19.7. The van der Waals surface area contributed by atoms with Gasteiger partial charge in [-0.3, -0.25) is 14.6 Å². The van der Waals surface area contributed by atoms with Crippen molar-refractivity contribution in [3.05, 3.63) is 45.6 Å². The molecule has 0 bridgehead atoms. The molecule has 1 saturated heterocycles. The first-order valence-electron chi connectivity index (χ1n) is 9.57. The molecule has 0 unspecified atom stereocenters. The van der Waals surface area contributed by atoms with Crippen LogP contribution in [0.1, 0.15) is 25.3 Å². The van der Waals surface area contributed by atoms with Crippen molar-refractivity contribution in [2.24, 2.45) is 5.92 Å². The highest BCUT2D eigenvalue weighted by atomic mass is 32.1. The Balaban J connectivity index is 1.73. The summed E-state index contributed by atoms with van der Waals surface area (Å²) >= 11 is 1.41. The van der Waals surface area contributed by atoms with Crippen molar-refractivity contribution in [1.29, 1.82) is 0 Å². The number of nitrogens with zero attached hydrogens (tertiary/aromatic N) is 2. The summed E-state index contributed by atoms with van der Waals surface area (Å²) in [5.41, 5.74) is 3.79. The Morgan fingerprint density at radius 1 is 1.36 bits per heavy atom. The molecule has 1 fully saturated rings. The van der Waals surface area contributed by atoms with E-state index in [4.69, 9.17) is 9.72 Å². The maximum absolute atomic E-state index is 12.7. The predicted octanol–water partition coefficient (Wildman–Crippen LogP) is 3.74. The Bertz CT molecular complexity index is 1070. The van der Waals surface area contributed by atoms with E-state index in [0.717, 1.165) is 41.6 Å². The van der Waals surface area contributed by atoms with E-state index < -0.39 is 0 Å². The van der Waals surface area contributed by atoms with Gasteiger partial charge in [0.1, 0.15) is 4.70 Å². The Morgan fingerprint density at radius 3 is 2.96 bits per heavy atom. The summed E-state index contributed by atoms with van der Waals surface area (Å²) in [5, 5.41) is 2.00. The summed E-state index contributed by atoms with van der Waals surface area (Å²) < 4.78 is 5.81. The van der Waals surface area contributed by atoms with Crippen molar-refractivity contribution in [3.63, 3.8) is 0 Å². The summed E-state index contributed by atoms with van der Waals surface area (Å²) in [6, 6.07) is 8.11. The number of nitrogens with one attached hydrogen (secondary N) is 1. The molecule has 0 radical (unpaired) electrons. The average molecular weight is 398 g/mol. The van der Waals surface area contributed by atoms with Crippen LogP contribution in [0.3, 0.4) is 0 Å². The maximum Gasteiger partial charge on any atom is 0.310 e. The molecule has 4 rings (SSSR count). The van der Waals surface area contributed by atoms with Crippen molar-refractivity contribution < 1.29 is 9.53 Å². The fourth-order valence-electron chi connectivity index (χ4n) is 3.75. The average Bonchev–Trinajstić information content (AvgIpc) is 3.13. The molecule has 0 amide bonds. The van der Waals surface area contributed by atoms with Gasteiger partial charge in [0.05, 0.1) is 18.0 Å². The molecule has 28 heavy (non-hydrogen) atoms. The highest BCUT2D eigenvalue weighted by Crippen LogP contribution is 2.33. The number of thiophene rings is 1. The van der Waals surface area contributed by atoms with Crippen LogP contribution in [0.4, 0.5) is 5.95 Å². The highest BCUT2D eigenvalue weighted by molar-refractivity contribution is 7.17. The second-order valence-electron chi connectivity index (χ2n) is 7.07. The largest absolute Gasteiger partial charge is 0.466 e. The Labute approximate surface area is 167 Å². The molecule has 1 N–H and O–H groups in total. The number of fused-ring (bicyclic) bond motifs is 1. The molecule has 0 aliphatic carbocycles. The topological polar surface area (TPSA) is 75.3 Å². The third kappa shape index (κ3) is 3.42. The molecule has 0 spiro atoms. The lowest BCUT2D eigenvalue weighted by atomic mass is 9.98. The van der Waals surface area contributed by atoms with Gasteiger partial charge in [-0.1, -0.05) is 24.3 Å². The minimum Gasteiger partial charge on any atom is -0.466 e. The number of hydrogen-bond donors (Lipinski definition) is 1. The van der Waals surface area contributed by atoms with Gasteiger partial charge in [-0.15, -0.1) is 11.3 Å². The summed E-state index contributed by atoms with van der Waals surface area (Å²) in [7, 11) is 0. The van der Waals surface area contributed by atoms with E-state index in [-0.39, 0.29) is 17.4 Å². The van der Waals surface area contributed by atoms with Crippen LogP contribution in [0, 0.1) is 12.8 Å². The van der Waals surface area contributed by atoms with E-state index in [1.165, 1.54) is 11.3 Å². The first-order valence-corrected chi connectivity index (χ1v) is 10.5. The second kappa shape index (κ2) is 7.75. The van der Waals surface area contributed by atoms with Crippen LogP contribution in [-0.4, -0.2) is 35.6 Å². The van der Waals surface area contributed by atoms with Gasteiger partial charge < -0.3 is 9.64 Å². The lowest BCUT2D eigenvalue weighted by Crippen LogP contribution is -2.40. The summed E-state index contributed by atoms with van der Waals surface area (Å²) in [5.74, 6) is 0.166. The van der Waals surface area contributed by atoms with Crippen LogP contribution in [0.25, 0.3) is 21.3 Å². The van der Waals surface area contributed by atoms with Gasteiger partial charge in [0.15, 0.2) is 0 Å². The van der Waals surface area contributed by atoms with Crippen LogP contribution >= 0.6 is 11.3 Å². The molecule has 146 valence electrons. The Hall–Kier alpha value is -2.67. The van der Waals surface area contributed by atoms with Crippen molar-refractivity contribution in [1.82, 2.24) is 9.97 Å². The number of aryl methyl sites for hydroxylation is 1. The van der Waals surface area contributed by atoms with Crippen LogP contribution in [-0.2, 0) is 9.53 Å². The molecule has 0 saturated carbocycles. The second-order valence-corrected chi connectivity index (χ2v) is 7.95. The zero-order valence-electron chi connectivity index (χ0n) is 16.0. The normalized spacial score (nSPS) is 17.1. The number of esters is 1. The van der Waals surface area contributed by atoms with E-state index in [9.17, 15) is 9.59 Å². The minimum absolute atomic E-state index is 0.136. The molecule has 2 aromatic heterocycles. The number of rotatable bonds is 4. The maximum atomic E-state index is 12.7. The summed E-state index contributed by atoms with van der Waals surface area (Å²) in [6.45, 7) is 5.52. The van der Waals surface area contributed by atoms with Gasteiger partial charge in [0.2, 0.25) is 5.95 Å². The van der Waals surface area contributed by atoms with E-state index in [1.807, 2.05) is 29.3 Å². The van der Waals surface area contributed by atoms with E-state index >= 15 is 0 Å². The molecule has 7 heteroatoms. The fraction of sp³-hybridized carbons (Fsp3) is 0.381. The van der Waals surface area contributed by atoms with Gasteiger partial charge in [0.25, 0.3) is 5.56 Å².